The Morgan fingerprint density at radius 1 is 1.44 bits per heavy atom. The molecule has 0 atom stereocenters. The van der Waals surface area contributed by atoms with E-state index < -0.39 is 0 Å². The molecule has 84 valence electrons. The summed E-state index contributed by atoms with van der Waals surface area (Å²) < 4.78 is 15.8. The van der Waals surface area contributed by atoms with Gasteiger partial charge in [0.1, 0.15) is 5.82 Å². The minimum absolute atomic E-state index is 0.273. The summed E-state index contributed by atoms with van der Waals surface area (Å²) in [6.45, 7) is 0.540. The molecule has 0 unspecified atom stereocenters. The Hall–Kier alpha value is -1.20. The van der Waals surface area contributed by atoms with Crippen molar-refractivity contribution in [2.45, 2.75) is 6.42 Å². The summed E-state index contributed by atoms with van der Waals surface area (Å²) in [5.74, 6) is -0.273. The maximum absolute atomic E-state index is 13.2. The minimum atomic E-state index is -0.273. The lowest BCUT2D eigenvalue weighted by molar-refractivity contribution is 0.626. The average Bonchev–Trinajstić information content (AvgIpc) is 2.70. The lowest BCUT2D eigenvalue weighted by Gasteiger charge is -2.09. The maximum atomic E-state index is 13.2. The van der Waals surface area contributed by atoms with E-state index in [2.05, 4.69) is 20.9 Å². The van der Waals surface area contributed by atoms with E-state index in [9.17, 15) is 4.39 Å². The molecule has 0 aliphatic rings. The number of nitrogens with zero attached hydrogens (tertiary/aromatic N) is 2. The zero-order chi connectivity index (χ0) is 11.5. The zero-order valence-corrected chi connectivity index (χ0v) is 10.1. The number of hydrogen-bond donors (Lipinski definition) is 1. The fraction of sp³-hybridized carbons (Fsp3) is 0.182. The van der Waals surface area contributed by atoms with Gasteiger partial charge in [0, 0.05) is 22.8 Å². The molecule has 0 spiro atoms. The van der Waals surface area contributed by atoms with E-state index in [4.69, 9.17) is 5.73 Å². The molecule has 2 N–H and O–H groups in total. The van der Waals surface area contributed by atoms with Crippen LogP contribution in [-0.4, -0.2) is 16.1 Å². The summed E-state index contributed by atoms with van der Waals surface area (Å²) in [5.41, 5.74) is 7.21. The number of hydrogen-bond acceptors (Lipinski definition) is 2. The van der Waals surface area contributed by atoms with E-state index >= 15 is 0 Å². The molecule has 0 bridgehead atoms. The van der Waals surface area contributed by atoms with Crippen molar-refractivity contribution in [3.05, 3.63) is 46.7 Å². The highest BCUT2D eigenvalue weighted by Crippen LogP contribution is 2.23. The van der Waals surface area contributed by atoms with Gasteiger partial charge >= 0.3 is 0 Å². The monoisotopic (exact) mass is 283 g/mol. The van der Waals surface area contributed by atoms with Crippen LogP contribution < -0.4 is 5.73 Å². The standard InChI is InChI=1S/C11H11BrFN3/c12-10-2-1-8(13)5-11(10)16-7-15-6-9(16)3-4-14/h1-2,5-7H,3-4,14H2. The van der Waals surface area contributed by atoms with Crippen molar-refractivity contribution in [2.75, 3.05) is 6.54 Å². The smallest absolute Gasteiger partial charge is 0.125 e. The van der Waals surface area contributed by atoms with E-state index in [1.165, 1.54) is 12.1 Å². The van der Waals surface area contributed by atoms with Crippen LogP contribution in [0.15, 0.2) is 35.2 Å². The van der Waals surface area contributed by atoms with E-state index in [1.807, 2.05) is 4.57 Å². The molecule has 2 aromatic rings. The van der Waals surface area contributed by atoms with Crippen LogP contribution in [0.4, 0.5) is 4.39 Å². The SMILES string of the molecule is NCCc1cncn1-c1cc(F)ccc1Br. The molecule has 0 aliphatic heterocycles. The second-order valence-corrected chi connectivity index (χ2v) is 4.24. The van der Waals surface area contributed by atoms with Crippen LogP contribution in [0.2, 0.25) is 0 Å². The molecule has 1 aromatic heterocycles. The van der Waals surface area contributed by atoms with Gasteiger partial charge in [-0.25, -0.2) is 9.37 Å². The summed E-state index contributed by atoms with van der Waals surface area (Å²) >= 11 is 3.39. The van der Waals surface area contributed by atoms with Crippen LogP contribution in [0, 0.1) is 5.82 Å². The van der Waals surface area contributed by atoms with Crippen LogP contribution in [-0.2, 0) is 6.42 Å². The summed E-state index contributed by atoms with van der Waals surface area (Å²) in [6.07, 6.45) is 4.11. The summed E-state index contributed by atoms with van der Waals surface area (Å²) in [5, 5.41) is 0. The van der Waals surface area contributed by atoms with Crippen molar-refractivity contribution in [3.63, 3.8) is 0 Å². The minimum Gasteiger partial charge on any atom is -0.330 e. The number of benzene rings is 1. The molecular weight excluding hydrogens is 273 g/mol. The van der Waals surface area contributed by atoms with Crippen LogP contribution in [0.3, 0.4) is 0 Å². The largest absolute Gasteiger partial charge is 0.330 e. The van der Waals surface area contributed by atoms with Gasteiger partial charge in [-0.1, -0.05) is 0 Å². The quantitative estimate of drug-likeness (QED) is 0.939. The van der Waals surface area contributed by atoms with Crippen molar-refractivity contribution in [1.29, 1.82) is 0 Å². The van der Waals surface area contributed by atoms with Gasteiger partial charge in [0.25, 0.3) is 0 Å². The molecular formula is C11H11BrFN3. The molecule has 0 saturated carbocycles. The van der Waals surface area contributed by atoms with Crippen LogP contribution in [0.1, 0.15) is 5.69 Å². The molecule has 5 heteroatoms. The fourth-order valence-electron chi connectivity index (χ4n) is 1.54. The molecule has 0 aliphatic carbocycles. The predicted molar refractivity (Wildman–Crippen MR) is 64.0 cm³/mol. The lowest BCUT2D eigenvalue weighted by Crippen LogP contribution is -2.07. The molecule has 1 heterocycles. The van der Waals surface area contributed by atoms with Crippen molar-refractivity contribution in [2.24, 2.45) is 5.73 Å². The van der Waals surface area contributed by atoms with Crippen molar-refractivity contribution < 1.29 is 4.39 Å². The van der Waals surface area contributed by atoms with Crippen LogP contribution >= 0.6 is 15.9 Å². The zero-order valence-electron chi connectivity index (χ0n) is 8.53. The number of halogens is 2. The number of nitrogens with two attached hydrogens (primary N) is 1. The molecule has 0 saturated heterocycles. The van der Waals surface area contributed by atoms with E-state index in [1.54, 1.807) is 18.6 Å². The number of aromatic nitrogens is 2. The summed E-state index contributed by atoms with van der Waals surface area (Å²) in [7, 11) is 0. The van der Waals surface area contributed by atoms with Gasteiger partial charge < -0.3 is 10.3 Å². The first-order valence-electron chi connectivity index (χ1n) is 4.89. The third-order valence-corrected chi connectivity index (χ3v) is 2.95. The first-order chi connectivity index (χ1) is 7.72. The second-order valence-electron chi connectivity index (χ2n) is 3.39. The van der Waals surface area contributed by atoms with Crippen molar-refractivity contribution in [3.8, 4) is 5.69 Å². The number of imidazole rings is 1. The Labute approximate surface area is 101 Å². The van der Waals surface area contributed by atoms with Gasteiger partial charge in [-0.15, -0.1) is 0 Å². The predicted octanol–water partition coefficient (Wildman–Crippen LogP) is 2.28. The van der Waals surface area contributed by atoms with Crippen molar-refractivity contribution in [1.82, 2.24) is 9.55 Å². The Morgan fingerprint density at radius 2 is 2.25 bits per heavy atom. The third-order valence-electron chi connectivity index (χ3n) is 2.28. The topological polar surface area (TPSA) is 43.8 Å². The third kappa shape index (κ3) is 2.15. The molecule has 0 radical (unpaired) electrons. The van der Waals surface area contributed by atoms with Gasteiger partial charge in [0.05, 0.1) is 12.0 Å². The molecule has 0 fully saturated rings. The molecule has 0 amide bonds. The normalized spacial score (nSPS) is 10.7. The fourth-order valence-corrected chi connectivity index (χ4v) is 1.98. The van der Waals surface area contributed by atoms with Crippen LogP contribution in [0.25, 0.3) is 5.69 Å². The van der Waals surface area contributed by atoms with Gasteiger partial charge in [0.2, 0.25) is 0 Å². The van der Waals surface area contributed by atoms with E-state index in [-0.39, 0.29) is 5.82 Å². The lowest BCUT2D eigenvalue weighted by atomic mass is 10.2. The van der Waals surface area contributed by atoms with E-state index in [0.717, 1.165) is 15.9 Å². The van der Waals surface area contributed by atoms with E-state index in [0.29, 0.717) is 13.0 Å². The first-order valence-corrected chi connectivity index (χ1v) is 5.68. The molecule has 3 nitrogen and oxygen atoms in total. The highest BCUT2D eigenvalue weighted by Gasteiger charge is 2.08. The van der Waals surface area contributed by atoms with Gasteiger partial charge in [-0.2, -0.15) is 0 Å². The number of rotatable bonds is 3. The summed E-state index contributed by atoms with van der Waals surface area (Å²) in [6, 6.07) is 4.55. The van der Waals surface area contributed by atoms with Gasteiger partial charge in [0.15, 0.2) is 0 Å². The molecule has 2 rings (SSSR count). The second kappa shape index (κ2) is 4.76. The maximum Gasteiger partial charge on any atom is 0.125 e. The molecule has 1 aromatic carbocycles. The van der Waals surface area contributed by atoms with Crippen LogP contribution in [0.5, 0.6) is 0 Å². The Kier molecular flexibility index (Phi) is 3.36. The summed E-state index contributed by atoms with van der Waals surface area (Å²) in [4.78, 5) is 4.05. The Bertz CT molecular complexity index is 496. The Balaban J connectivity index is 2.49. The Morgan fingerprint density at radius 3 is 3.00 bits per heavy atom. The first kappa shape index (κ1) is 11.3. The highest BCUT2D eigenvalue weighted by atomic mass is 79.9. The molecule has 16 heavy (non-hydrogen) atoms. The van der Waals surface area contributed by atoms with Crippen molar-refractivity contribution >= 4 is 15.9 Å². The average molecular weight is 284 g/mol. The van der Waals surface area contributed by atoms with Gasteiger partial charge in [-0.3, -0.25) is 0 Å². The van der Waals surface area contributed by atoms with Gasteiger partial charge in [-0.05, 0) is 40.7 Å². The highest BCUT2D eigenvalue weighted by molar-refractivity contribution is 9.10.